The molecular formula is C10H14N4S. The second-order valence-corrected chi connectivity index (χ2v) is 4.30. The molecule has 0 aliphatic rings. The van der Waals surface area contributed by atoms with Crippen molar-refractivity contribution in [2.45, 2.75) is 13.0 Å². The monoisotopic (exact) mass is 222 g/mol. The first-order valence-corrected chi connectivity index (χ1v) is 6.28. The fraction of sp³-hybridized carbons (Fsp3) is 0.400. The van der Waals surface area contributed by atoms with Gasteiger partial charge in [0.25, 0.3) is 0 Å². The van der Waals surface area contributed by atoms with Crippen LogP contribution in [-0.4, -0.2) is 26.5 Å². The highest BCUT2D eigenvalue weighted by Gasteiger charge is 2.07. The van der Waals surface area contributed by atoms with Crippen molar-refractivity contribution in [3.8, 4) is 0 Å². The maximum Gasteiger partial charge on any atom is 0.202 e. The fourth-order valence-corrected chi connectivity index (χ4v) is 1.98. The van der Waals surface area contributed by atoms with Gasteiger partial charge in [-0.2, -0.15) is 11.8 Å². The van der Waals surface area contributed by atoms with Crippen molar-refractivity contribution in [2.24, 2.45) is 0 Å². The minimum Gasteiger partial charge on any atom is -0.369 e. The summed E-state index contributed by atoms with van der Waals surface area (Å²) in [6.07, 6.45) is 4.97. The van der Waals surface area contributed by atoms with Gasteiger partial charge in [-0.05, 0) is 30.6 Å². The topological polar surface area (TPSA) is 56.7 Å². The molecule has 0 unspecified atom stereocenters. The quantitative estimate of drug-likeness (QED) is 0.801. The number of hydrogen-bond acceptors (Lipinski definition) is 4. The number of aryl methyl sites for hydroxylation is 1. The maximum atomic E-state index is 5.84. The van der Waals surface area contributed by atoms with Crippen molar-refractivity contribution in [1.82, 2.24) is 14.5 Å². The maximum absolute atomic E-state index is 5.84. The highest BCUT2D eigenvalue weighted by Crippen LogP contribution is 2.15. The zero-order valence-corrected chi connectivity index (χ0v) is 9.50. The third-order valence-corrected chi connectivity index (χ3v) is 2.96. The number of rotatable bonds is 4. The summed E-state index contributed by atoms with van der Waals surface area (Å²) < 4.78 is 1.98. The van der Waals surface area contributed by atoms with Crippen molar-refractivity contribution >= 4 is 28.9 Å². The largest absolute Gasteiger partial charge is 0.369 e. The lowest BCUT2D eigenvalue weighted by Gasteiger charge is -2.04. The lowest BCUT2D eigenvalue weighted by atomic mass is 10.4. The van der Waals surface area contributed by atoms with Crippen LogP contribution in [0.5, 0.6) is 0 Å². The highest BCUT2D eigenvalue weighted by molar-refractivity contribution is 7.98. The molecule has 0 saturated heterocycles. The van der Waals surface area contributed by atoms with Crippen LogP contribution in [0.15, 0.2) is 18.3 Å². The SMILES string of the molecule is CSCCCn1c(N)nc2cccnc21. The lowest BCUT2D eigenvalue weighted by molar-refractivity contribution is 0.707. The van der Waals surface area contributed by atoms with E-state index in [0.29, 0.717) is 5.95 Å². The number of nitrogen functional groups attached to an aromatic ring is 1. The Morgan fingerprint density at radius 1 is 1.53 bits per heavy atom. The smallest absolute Gasteiger partial charge is 0.202 e. The van der Waals surface area contributed by atoms with E-state index in [9.17, 15) is 0 Å². The van der Waals surface area contributed by atoms with Crippen LogP contribution in [0.1, 0.15) is 6.42 Å². The van der Waals surface area contributed by atoms with Gasteiger partial charge in [0.1, 0.15) is 5.52 Å². The third kappa shape index (κ3) is 2.07. The van der Waals surface area contributed by atoms with Crippen LogP contribution in [0.4, 0.5) is 5.95 Å². The molecule has 2 aromatic heterocycles. The fourth-order valence-electron chi connectivity index (χ4n) is 1.56. The van der Waals surface area contributed by atoms with E-state index in [1.807, 2.05) is 28.5 Å². The predicted molar refractivity (Wildman–Crippen MR) is 64.9 cm³/mol. The number of pyridine rings is 1. The predicted octanol–water partition coefficient (Wildman–Crippen LogP) is 1.77. The van der Waals surface area contributed by atoms with E-state index in [1.54, 1.807) is 6.20 Å². The Labute approximate surface area is 92.9 Å². The molecule has 15 heavy (non-hydrogen) atoms. The molecule has 0 saturated carbocycles. The average molecular weight is 222 g/mol. The van der Waals surface area contributed by atoms with Crippen molar-refractivity contribution in [3.63, 3.8) is 0 Å². The minimum atomic E-state index is 0.560. The van der Waals surface area contributed by atoms with E-state index in [2.05, 4.69) is 16.2 Å². The Balaban J connectivity index is 2.28. The second kappa shape index (κ2) is 4.53. The van der Waals surface area contributed by atoms with E-state index < -0.39 is 0 Å². The first-order chi connectivity index (χ1) is 7.33. The summed E-state index contributed by atoms with van der Waals surface area (Å²) in [4.78, 5) is 8.56. The van der Waals surface area contributed by atoms with Crippen LogP contribution in [0.2, 0.25) is 0 Å². The Morgan fingerprint density at radius 3 is 3.20 bits per heavy atom. The van der Waals surface area contributed by atoms with E-state index >= 15 is 0 Å². The Bertz CT molecular complexity index is 452. The molecule has 0 amide bonds. The van der Waals surface area contributed by atoms with Gasteiger partial charge in [-0.15, -0.1) is 0 Å². The molecular weight excluding hydrogens is 208 g/mol. The molecule has 2 heterocycles. The van der Waals surface area contributed by atoms with E-state index in [0.717, 1.165) is 29.9 Å². The number of imidazole rings is 1. The van der Waals surface area contributed by atoms with Gasteiger partial charge in [-0.25, -0.2) is 9.97 Å². The summed E-state index contributed by atoms with van der Waals surface area (Å²) in [5.74, 6) is 1.69. The number of nitrogens with two attached hydrogens (primary N) is 1. The van der Waals surface area contributed by atoms with Gasteiger partial charge in [0.05, 0.1) is 0 Å². The summed E-state index contributed by atoms with van der Waals surface area (Å²) in [6, 6.07) is 3.81. The number of hydrogen-bond donors (Lipinski definition) is 1. The zero-order valence-electron chi connectivity index (χ0n) is 8.68. The van der Waals surface area contributed by atoms with Crippen molar-refractivity contribution < 1.29 is 0 Å². The zero-order chi connectivity index (χ0) is 10.7. The van der Waals surface area contributed by atoms with Gasteiger partial charge in [-0.1, -0.05) is 0 Å². The summed E-state index contributed by atoms with van der Waals surface area (Å²) in [6.45, 7) is 0.889. The molecule has 2 aromatic rings. The molecule has 0 aromatic carbocycles. The number of nitrogens with zero attached hydrogens (tertiary/aromatic N) is 3. The first-order valence-electron chi connectivity index (χ1n) is 4.88. The summed E-state index contributed by atoms with van der Waals surface area (Å²) in [7, 11) is 0. The Hall–Kier alpha value is -1.23. The van der Waals surface area contributed by atoms with Crippen molar-refractivity contribution in [3.05, 3.63) is 18.3 Å². The lowest BCUT2D eigenvalue weighted by Crippen LogP contribution is -2.04. The van der Waals surface area contributed by atoms with Crippen molar-refractivity contribution in [2.75, 3.05) is 17.7 Å². The van der Waals surface area contributed by atoms with Crippen LogP contribution in [0.25, 0.3) is 11.2 Å². The summed E-state index contributed by atoms with van der Waals surface area (Å²) in [5, 5.41) is 0. The molecule has 0 radical (unpaired) electrons. The van der Waals surface area contributed by atoms with Gasteiger partial charge in [-0.3, -0.25) is 4.57 Å². The van der Waals surface area contributed by atoms with E-state index in [1.165, 1.54) is 0 Å². The normalized spacial score (nSPS) is 11.0. The average Bonchev–Trinajstić information content (AvgIpc) is 2.56. The number of aromatic nitrogens is 3. The molecule has 2 rings (SSSR count). The molecule has 0 aliphatic carbocycles. The molecule has 4 nitrogen and oxygen atoms in total. The molecule has 0 atom stereocenters. The molecule has 80 valence electrons. The van der Waals surface area contributed by atoms with Gasteiger partial charge in [0.2, 0.25) is 5.95 Å². The number of fused-ring (bicyclic) bond motifs is 1. The van der Waals surface area contributed by atoms with Crippen LogP contribution in [0, 0.1) is 0 Å². The van der Waals surface area contributed by atoms with Crippen LogP contribution in [-0.2, 0) is 6.54 Å². The molecule has 2 N–H and O–H groups in total. The number of anilines is 1. The van der Waals surface area contributed by atoms with Crippen LogP contribution in [0.3, 0.4) is 0 Å². The number of thioether (sulfide) groups is 1. The second-order valence-electron chi connectivity index (χ2n) is 3.31. The summed E-state index contributed by atoms with van der Waals surface area (Å²) in [5.41, 5.74) is 7.60. The highest BCUT2D eigenvalue weighted by atomic mass is 32.2. The minimum absolute atomic E-state index is 0.560. The Kier molecular flexibility index (Phi) is 3.11. The molecule has 0 aliphatic heterocycles. The molecule has 0 fully saturated rings. The van der Waals surface area contributed by atoms with Crippen molar-refractivity contribution in [1.29, 1.82) is 0 Å². The van der Waals surface area contributed by atoms with Crippen LogP contribution >= 0.6 is 11.8 Å². The molecule has 0 bridgehead atoms. The molecule has 5 heteroatoms. The van der Waals surface area contributed by atoms with Gasteiger partial charge in [0, 0.05) is 12.7 Å². The van der Waals surface area contributed by atoms with Gasteiger partial charge >= 0.3 is 0 Å². The third-order valence-electron chi connectivity index (χ3n) is 2.26. The van der Waals surface area contributed by atoms with E-state index in [-0.39, 0.29) is 0 Å². The summed E-state index contributed by atoms with van der Waals surface area (Å²) >= 11 is 1.84. The first kappa shape index (κ1) is 10.3. The Morgan fingerprint density at radius 2 is 2.40 bits per heavy atom. The van der Waals surface area contributed by atoms with Crippen LogP contribution < -0.4 is 5.73 Å². The van der Waals surface area contributed by atoms with Gasteiger partial charge < -0.3 is 5.73 Å². The molecule has 0 spiro atoms. The standard InChI is InChI=1S/C10H14N4S/c1-15-7-3-6-14-9-8(13-10(14)11)4-2-5-12-9/h2,4-5H,3,6-7H2,1H3,(H2,11,13). The van der Waals surface area contributed by atoms with Gasteiger partial charge in [0.15, 0.2) is 5.65 Å². The van der Waals surface area contributed by atoms with E-state index in [4.69, 9.17) is 5.73 Å².